The van der Waals surface area contributed by atoms with E-state index in [2.05, 4.69) is 5.32 Å². The first-order valence-electron chi connectivity index (χ1n) is 10.1. The first kappa shape index (κ1) is 22.2. The minimum atomic E-state index is -0.150. The molecule has 0 radical (unpaired) electrons. The zero-order valence-electron chi connectivity index (χ0n) is 18.1. The zero-order chi connectivity index (χ0) is 22.7. The molecular formula is C25H23N3O2S2. The Morgan fingerprint density at radius 1 is 1.03 bits per heavy atom. The van der Waals surface area contributed by atoms with Crippen molar-refractivity contribution >= 4 is 46.0 Å². The summed E-state index contributed by atoms with van der Waals surface area (Å²) in [6.07, 6.45) is 1.99. The standard InChI is InChI=1S/C25H23N3O2S2/c1-16-11-12-22(17(2)13-16)28-24(30)20-9-4-5-10-21(20)27-25(28)32-15-23(29)26-18-7-6-8-19(14-18)31-3/h4-14H,15H2,1-3H3,(H,26,29). The Bertz CT molecular complexity index is 1370. The minimum Gasteiger partial charge on any atom is -0.325 e. The van der Waals surface area contributed by atoms with Crippen LogP contribution in [0.3, 0.4) is 0 Å². The van der Waals surface area contributed by atoms with Gasteiger partial charge in [0.2, 0.25) is 5.91 Å². The molecule has 3 aromatic carbocycles. The molecule has 4 aromatic rings. The van der Waals surface area contributed by atoms with Gasteiger partial charge in [0.05, 0.1) is 22.3 Å². The molecule has 5 nitrogen and oxygen atoms in total. The summed E-state index contributed by atoms with van der Waals surface area (Å²) in [6, 6.07) is 21.0. The van der Waals surface area contributed by atoms with Crippen LogP contribution in [0, 0.1) is 13.8 Å². The van der Waals surface area contributed by atoms with Gasteiger partial charge < -0.3 is 5.32 Å². The number of nitrogens with zero attached hydrogens (tertiary/aromatic N) is 2. The number of hydrogen-bond donors (Lipinski definition) is 1. The number of rotatable bonds is 6. The van der Waals surface area contributed by atoms with Gasteiger partial charge in [0.1, 0.15) is 0 Å². The van der Waals surface area contributed by atoms with E-state index in [9.17, 15) is 9.59 Å². The summed E-state index contributed by atoms with van der Waals surface area (Å²) in [4.78, 5) is 31.8. The fourth-order valence-corrected chi connectivity index (χ4v) is 4.77. The largest absolute Gasteiger partial charge is 0.325 e. The molecule has 162 valence electrons. The van der Waals surface area contributed by atoms with E-state index in [0.29, 0.717) is 16.1 Å². The number of para-hydroxylation sites is 1. The first-order valence-corrected chi connectivity index (χ1v) is 12.3. The number of hydrogen-bond acceptors (Lipinski definition) is 5. The average molecular weight is 462 g/mol. The monoisotopic (exact) mass is 461 g/mol. The minimum absolute atomic E-state index is 0.138. The second-order valence-electron chi connectivity index (χ2n) is 7.41. The van der Waals surface area contributed by atoms with E-state index >= 15 is 0 Å². The third kappa shape index (κ3) is 4.74. The topological polar surface area (TPSA) is 64.0 Å². The zero-order valence-corrected chi connectivity index (χ0v) is 19.7. The SMILES string of the molecule is CSc1cccc(NC(=O)CSc2nc3ccccc3c(=O)n2-c2ccc(C)cc2C)c1. The van der Waals surface area contributed by atoms with E-state index in [1.54, 1.807) is 22.4 Å². The number of nitrogens with one attached hydrogen (secondary N) is 1. The van der Waals surface area contributed by atoms with Gasteiger partial charge in [-0.15, -0.1) is 11.8 Å². The molecule has 1 aromatic heterocycles. The lowest BCUT2D eigenvalue weighted by Gasteiger charge is -2.15. The molecule has 0 atom stereocenters. The van der Waals surface area contributed by atoms with Gasteiger partial charge >= 0.3 is 0 Å². The summed E-state index contributed by atoms with van der Waals surface area (Å²) in [6.45, 7) is 3.99. The van der Waals surface area contributed by atoms with Crippen molar-refractivity contribution in [2.24, 2.45) is 0 Å². The number of carbonyl (C=O) groups is 1. The second kappa shape index (κ2) is 9.63. The summed E-state index contributed by atoms with van der Waals surface area (Å²) in [7, 11) is 0. The third-order valence-electron chi connectivity index (χ3n) is 5.02. The molecule has 32 heavy (non-hydrogen) atoms. The fraction of sp³-hybridized carbons (Fsp3) is 0.160. The summed E-state index contributed by atoms with van der Waals surface area (Å²) in [5.74, 6) is -0.0121. The molecule has 0 saturated heterocycles. The van der Waals surface area contributed by atoms with Crippen LogP contribution in [0.15, 0.2) is 81.6 Å². The molecule has 0 aliphatic carbocycles. The van der Waals surface area contributed by atoms with Crippen LogP contribution < -0.4 is 10.9 Å². The average Bonchev–Trinajstić information content (AvgIpc) is 2.79. The smallest absolute Gasteiger partial charge is 0.266 e. The van der Waals surface area contributed by atoms with Crippen molar-refractivity contribution < 1.29 is 4.79 Å². The highest BCUT2D eigenvalue weighted by atomic mass is 32.2. The Hall–Kier alpha value is -3.03. The molecule has 0 spiro atoms. The van der Waals surface area contributed by atoms with Crippen molar-refractivity contribution in [3.63, 3.8) is 0 Å². The Morgan fingerprint density at radius 3 is 2.62 bits per heavy atom. The summed E-state index contributed by atoms with van der Waals surface area (Å²) in [5.41, 5.74) is 4.10. The van der Waals surface area contributed by atoms with Gasteiger partial charge in [-0.1, -0.05) is 47.7 Å². The van der Waals surface area contributed by atoms with Crippen LogP contribution in [0.4, 0.5) is 5.69 Å². The lowest BCUT2D eigenvalue weighted by Crippen LogP contribution is -2.23. The van der Waals surface area contributed by atoms with E-state index in [1.165, 1.54) is 11.8 Å². The molecule has 4 rings (SSSR count). The number of thioether (sulfide) groups is 2. The maximum Gasteiger partial charge on any atom is 0.266 e. The maximum absolute atomic E-state index is 13.4. The Labute approximate surface area is 195 Å². The number of benzene rings is 3. The van der Waals surface area contributed by atoms with Crippen molar-refractivity contribution in [3.05, 3.63) is 88.2 Å². The molecule has 0 bridgehead atoms. The predicted molar refractivity (Wildman–Crippen MR) is 134 cm³/mol. The molecule has 0 unspecified atom stereocenters. The number of fused-ring (bicyclic) bond motifs is 1. The van der Waals surface area contributed by atoms with Crippen molar-refractivity contribution in [1.29, 1.82) is 0 Å². The molecule has 0 aliphatic heterocycles. The van der Waals surface area contributed by atoms with Crippen molar-refractivity contribution in [1.82, 2.24) is 9.55 Å². The first-order chi connectivity index (χ1) is 15.5. The Morgan fingerprint density at radius 2 is 1.84 bits per heavy atom. The lowest BCUT2D eigenvalue weighted by molar-refractivity contribution is -0.113. The number of amides is 1. The van der Waals surface area contributed by atoms with Crippen molar-refractivity contribution in [2.75, 3.05) is 17.3 Å². The molecule has 1 heterocycles. The van der Waals surface area contributed by atoms with E-state index in [1.807, 2.05) is 80.8 Å². The molecule has 0 fully saturated rings. The lowest BCUT2D eigenvalue weighted by atomic mass is 10.1. The van der Waals surface area contributed by atoms with Gasteiger partial charge in [0.25, 0.3) is 5.56 Å². The Balaban J connectivity index is 1.68. The van der Waals surface area contributed by atoms with Gasteiger partial charge in [0.15, 0.2) is 5.16 Å². The number of anilines is 1. The molecule has 1 amide bonds. The maximum atomic E-state index is 13.4. The number of carbonyl (C=O) groups excluding carboxylic acids is 1. The van der Waals surface area contributed by atoms with Crippen LogP contribution in [-0.4, -0.2) is 27.5 Å². The molecular weight excluding hydrogens is 438 g/mol. The Kier molecular flexibility index (Phi) is 6.67. The highest BCUT2D eigenvalue weighted by Crippen LogP contribution is 2.24. The fourth-order valence-electron chi connectivity index (χ4n) is 3.51. The van der Waals surface area contributed by atoms with Crippen LogP contribution in [0.5, 0.6) is 0 Å². The third-order valence-corrected chi connectivity index (χ3v) is 6.69. The van der Waals surface area contributed by atoms with Gasteiger partial charge in [-0.2, -0.15) is 0 Å². The molecule has 0 aliphatic rings. The highest BCUT2D eigenvalue weighted by Gasteiger charge is 2.16. The van der Waals surface area contributed by atoms with Crippen LogP contribution in [0.25, 0.3) is 16.6 Å². The van der Waals surface area contributed by atoms with Crippen LogP contribution in [0.1, 0.15) is 11.1 Å². The van der Waals surface area contributed by atoms with E-state index in [4.69, 9.17) is 4.98 Å². The van der Waals surface area contributed by atoms with Gasteiger partial charge in [-0.25, -0.2) is 4.98 Å². The number of aromatic nitrogens is 2. The van der Waals surface area contributed by atoms with Crippen LogP contribution in [-0.2, 0) is 4.79 Å². The quantitative estimate of drug-likeness (QED) is 0.305. The van der Waals surface area contributed by atoms with E-state index in [-0.39, 0.29) is 17.2 Å². The predicted octanol–water partition coefficient (Wildman–Crippen LogP) is 5.46. The van der Waals surface area contributed by atoms with E-state index in [0.717, 1.165) is 27.4 Å². The summed E-state index contributed by atoms with van der Waals surface area (Å²) >= 11 is 2.88. The molecule has 0 saturated carbocycles. The summed E-state index contributed by atoms with van der Waals surface area (Å²) < 4.78 is 1.61. The van der Waals surface area contributed by atoms with Crippen LogP contribution >= 0.6 is 23.5 Å². The van der Waals surface area contributed by atoms with Gasteiger partial charge in [-0.05, 0) is 62.1 Å². The van der Waals surface area contributed by atoms with Crippen LogP contribution in [0.2, 0.25) is 0 Å². The van der Waals surface area contributed by atoms with Gasteiger partial charge in [0, 0.05) is 10.6 Å². The second-order valence-corrected chi connectivity index (χ2v) is 9.23. The summed E-state index contributed by atoms with van der Waals surface area (Å²) in [5, 5.41) is 3.97. The van der Waals surface area contributed by atoms with Crippen molar-refractivity contribution in [2.45, 2.75) is 23.9 Å². The molecule has 7 heteroatoms. The molecule has 1 N–H and O–H groups in total. The van der Waals surface area contributed by atoms with Crippen molar-refractivity contribution in [3.8, 4) is 5.69 Å². The normalized spacial score (nSPS) is 11.0. The van der Waals surface area contributed by atoms with E-state index < -0.39 is 0 Å². The number of aryl methyl sites for hydroxylation is 2. The van der Waals surface area contributed by atoms with Gasteiger partial charge in [-0.3, -0.25) is 14.2 Å². The highest BCUT2D eigenvalue weighted by molar-refractivity contribution is 7.99.